The van der Waals surface area contributed by atoms with Crippen molar-refractivity contribution in [1.82, 2.24) is 0 Å². The number of carbonyl (C=O) groups is 1. The topological polar surface area (TPSA) is 70.3 Å². The van der Waals surface area contributed by atoms with Crippen molar-refractivity contribution in [3.8, 4) is 17.6 Å². The van der Waals surface area contributed by atoms with Gasteiger partial charge in [-0.15, -0.1) is 0 Å². The number of aromatic carboxylic acids is 1. The van der Waals surface area contributed by atoms with Gasteiger partial charge in [0.05, 0.1) is 11.1 Å². The van der Waals surface area contributed by atoms with E-state index in [1.165, 1.54) is 6.07 Å². The van der Waals surface area contributed by atoms with Crippen LogP contribution in [0.5, 0.6) is 11.5 Å². The monoisotopic (exact) mass is 271 g/mol. The first-order chi connectivity index (χ1) is 9.52. The van der Waals surface area contributed by atoms with Gasteiger partial charge in [0.1, 0.15) is 23.4 Å². The van der Waals surface area contributed by atoms with Gasteiger partial charge in [-0.25, -0.2) is 9.18 Å². The SMILES string of the molecule is Cc1cccc(C#N)c1Oc1ccc(C(=O)O)c(F)c1. The molecule has 2 aromatic rings. The number of rotatable bonds is 3. The third-order valence-electron chi connectivity index (χ3n) is 2.72. The Morgan fingerprint density at radius 2 is 2.10 bits per heavy atom. The molecule has 0 aromatic heterocycles. The minimum Gasteiger partial charge on any atom is -0.478 e. The molecule has 0 aliphatic heterocycles. The number of carboxylic acid groups (broad SMARTS) is 1. The average molecular weight is 271 g/mol. The molecule has 4 nitrogen and oxygen atoms in total. The number of carboxylic acids is 1. The summed E-state index contributed by atoms with van der Waals surface area (Å²) in [6.45, 7) is 1.76. The van der Waals surface area contributed by atoms with Crippen molar-refractivity contribution in [1.29, 1.82) is 5.26 Å². The first-order valence-corrected chi connectivity index (χ1v) is 5.73. The molecule has 0 aliphatic rings. The predicted octanol–water partition coefficient (Wildman–Crippen LogP) is 3.50. The van der Waals surface area contributed by atoms with Crippen LogP contribution < -0.4 is 4.74 Å². The molecule has 2 rings (SSSR count). The second-order valence-corrected chi connectivity index (χ2v) is 4.11. The zero-order chi connectivity index (χ0) is 14.7. The molecule has 0 atom stereocenters. The third-order valence-corrected chi connectivity index (χ3v) is 2.72. The van der Waals surface area contributed by atoms with E-state index in [1.807, 2.05) is 6.07 Å². The summed E-state index contributed by atoms with van der Waals surface area (Å²) < 4.78 is 19.1. The molecule has 1 N–H and O–H groups in total. The van der Waals surface area contributed by atoms with E-state index < -0.39 is 17.3 Å². The van der Waals surface area contributed by atoms with Crippen LogP contribution in [0.15, 0.2) is 36.4 Å². The van der Waals surface area contributed by atoms with E-state index in [0.717, 1.165) is 17.7 Å². The van der Waals surface area contributed by atoms with Crippen molar-refractivity contribution >= 4 is 5.97 Å². The lowest BCUT2D eigenvalue weighted by Crippen LogP contribution is -2.00. The third kappa shape index (κ3) is 2.59. The van der Waals surface area contributed by atoms with E-state index in [1.54, 1.807) is 25.1 Å². The van der Waals surface area contributed by atoms with Crippen molar-refractivity contribution in [3.05, 3.63) is 58.9 Å². The Morgan fingerprint density at radius 1 is 1.35 bits per heavy atom. The van der Waals surface area contributed by atoms with Gasteiger partial charge in [0.2, 0.25) is 0 Å². The molecular formula is C15H10FNO3. The quantitative estimate of drug-likeness (QED) is 0.927. The predicted molar refractivity (Wildman–Crippen MR) is 69.3 cm³/mol. The Labute approximate surface area is 114 Å². The molecule has 2 aromatic carbocycles. The Morgan fingerprint density at radius 3 is 2.70 bits per heavy atom. The molecule has 0 saturated heterocycles. The number of para-hydroxylation sites is 1. The molecule has 100 valence electrons. The molecular weight excluding hydrogens is 261 g/mol. The Balaban J connectivity index is 2.39. The molecule has 0 spiro atoms. The fraction of sp³-hybridized carbons (Fsp3) is 0.0667. The van der Waals surface area contributed by atoms with Crippen LogP contribution in [-0.4, -0.2) is 11.1 Å². The van der Waals surface area contributed by atoms with Gasteiger partial charge in [-0.1, -0.05) is 12.1 Å². The van der Waals surface area contributed by atoms with E-state index >= 15 is 0 Å². The van der Waals surface area contributed by atoms with Crippen LogP contribution >= 0.6 is 0 Å². The van der Waals surface area contributed by atoms with Gasteiger partial charge in [-0.2, -0.15) is 5.26 Å². The van der Waals surface area contributed by atoms with E-state index in [2.05, 4.69) is 0 Å². The highest BCUT2D eigenvalue weighted by Crippen LogP contribution is 2.29. The van der Waals surface area contributed by atoms with Crippen molar-refractivity contribution in [2.45, 2.75) is 6.92 Å². The molecule has 0 radical (unpaired) electrons. The van der Waals surface area contributed by atoms with Gasteiger partial charge in [0.25, 0.3) is 0 Å². The lowest BCUT2D eigenvalue weighted by molar-refractivity contribution is 0.0692. The highest BCUT2D eigenvalue weighted by Gasteiger charge is 2.13. The second-order valence-electron chi connectivity index (χ2n) is 4.11. The van der Waals surface area contributed by atoms with Crippen LogP contribution in [-0.2, 0) is 0 Å². The van der Waals surface area contributed by atoms with Gasteiger partial charge in [0, 0.05) is 6.07 Å². The van der Waals surface area contributed by atoms with Crippen LogP contribution in [0.1, 0.15) is 21.5 Å². The molecule has 0 unspecified atom stereocenters. The number of aryl methyl sites for hydroxylation is 1. The smallest absolute Gasteiger partial charge is 0.338 e. The van der Waals surface area contributed by atoms with E-state index in [4.69, 9.17) is 15.1 Å². The number of nitrogens with zero attached hydrogens (tertiary/aromatic N) is 1. The minimum absolute atomic E-state index is 0.137. The van der Waals surface area contributed by atoms with Gasteiger partial charge in [-0.3, -0.25) is 0 Å². The Hall–Kier alpha value is -2.87. The van der Waals surface area contributed by atoms with Crippen LogP contribution in [0.2, 0.25) is 0 Å². The number of hydrogen-bond acceptors (Lipinski definition) is 3. The highest BCUT2D eigenvalue weighted by atomic mass is 19.1. The largest absolute Gasteiger partial charge is 0.478 e. The summed E-state index contributed by atoms with van der Waals surface area (Å²) in [5.41, 5.74) is 0.627. The van der Waals surface area contributed by atoms with Crippen LogP contribution in [0.3, 0.4) is 0 Å². The number of benzene rings is 2. The van der Waals surface area contributed by atoms with Gasteiger partial charge < -0.3 is 9.84 Å². The Kier molecular flexibility index (Phi) is 3.67. The summed E-state index contributed by atoms with van der Waals surface area (Å²) in [6.07, 6.45) is 0. The van der Waals surface area contributed by atoms with Crippen molar-refractivity contribution in [2.24, 2.45) is 0 Å². The fourth-order valence-electron chi connectivity index (χ4n) is 1.73. The summed E-state index contributed by atoms with van der Waals surface area (Å²) in [5.74, 6) is -1.76. The van der Waals surface area contributed by atoms with Crippen LogP contribution in [0, 0.1) is 24.1 Å². The average Bonchev–Trinajstić information content (AvgIpc) is 2.40. The zero-order valence-corrected chi connectivity index (χ0v) is 10.6. The summed E-state index contributed by atoms with van der Waals surface area (Å²) in [5, 5.41) is 17.8. The normalized spacial score (nSPS) is 9.85. The summed E-state index contributed by atoms with van der Waals surface area (Å²) in [6, 6.07) is 10.5. The highest BCUT2D eigenvalue weighted by molar-refractivity contribution is 5.88. The zero-order valence-electron chi connectivity index (χ0n) is 10.6. The molecule has 0 amide bonds. The van der Waals surface area contributed by atoms with Gasteiger partial charge in [-0.05, 0) is 30.7 Å². The molecule has 20 heavy (non-hydrogen) atoms. The second kappa shape index (κ2) is 5.41. The standard InChI is InChI=1S/C15H10FNO3/c1-9-3-2-4-10(8-17)14(9)20-11-5-6-12(15(18)19)13(16)7-11/h2-7H,1H3,(H,18,19). The number of ether oxygens (including phenoxy) is 1. The molecule has 0 heterocycles. The number of halogens is 1. The minimum atomic E-state index is -1.34. The van der Waals surface area contributed by atoms with E-state index in [0.29, 0.717) is 11.3 Å². The summed E-state index contributed by atoms with van der Waals surface area (Å²) in [7, 11) is 0. The van der Waals surface area contributed by atoms with E-state index in [9.17, 15) is 9.18 Å². The van der Waals surface area contributed by atoms with E-state index in [-0.39, 0.29) is 5.75 Å². The summed E-state index contributed by atoms with van der Waals surface area (Å²) >= 11 is 0. The maximum atomic E-state index is 13.6. The lowest BCUT2D eigenvalue weighted by atomic mass is 10.1. The van der Waals surface area contributed by atoms with Gasteiger partial charge in [0.15, 0.2) is 0 Å². The van der Waals surface area contributed by atoms with Crippen LogP contribution in [0.25, 0.3) is 0 Å². The number of nitriles is 1. The molecule has 0 aliphatic carbocycles. The number of hydrogen-bond donors (Lipinski definition) is 1. The lowest BCUT2D eigenvalue weighted by Gasteiger charge is -2.10. The molecule has 0 fully saturated rings. The molecule has 0 bridgehead atoms. The fourth-order valence-corrected chi connectivity index (χ4v) is 1.73. The maximum Gasteiger partial charge on any atom is 0.338 e. The van der Waals surface area contributed by atoms with Crippen molar-refractivity contribution in [2.75, 3.05) is 0 Å². The van der Waals surface area contributed by atoms with Crippen molar-refractivity contribution < 1.29 is 19.0 Å². The first kappa shape index (κ1) is 13.6. The molecule has 5 heteroatoms. The first-order valence-electron chi connectivity index (χ1n) is 5.73. The van der Waals surface area contributed by atoms with Gasteiger partial charge >= 0.3 is 5.97 Å². The molecule has 0 saturated carbocycles. The van der Waals surface area contributed by atoms with Crippen molar-refractivity contribution in [3.63, 3.8) is 0 Å². The summed E-state index contributed by atoms with van der Waals surface area (Å²) in [4.78, 5) is 10.7. The Bertz CT molecular complexity index is 720. The maximum absolute atomic E-state index is 13.6. The van der Waals surface area contributed by atoms with Crippen LogP contribution in [0.4, 0.5) is 4.39 Å².